The van der Waals surface area contributed by atoms with Crippen LogP contribution < -0.4 is 4.74 Å². The van der Waals surface area contributed by atoms with Gasteiger partial charge < -0.3 is 9.64 Å². The fourth-order valence-corrected chi connectivity index (χ4v) is 3.91. The molecule has 2 aliphatic rings. The van der Waals surface area contributed by atoms with Gasteiger partial charge in [-0.05, 0) is 69.2 Å². The van der Waals surface area contributed by atoms with E-state index in [4.69, 9.17) is 4.74 Å². The first-order chi connectivity index (χ1) is 10.3. The lowest BCUT2D eigenvalue weighted by Gasteiger charge is -2.35. The van der Waals surface area contributed by atoms with Gasteiger partial charge in [0.1, 0.15) is 5.75 Å². The summed E-state index contributed by atoms with van der Waals surface area (Å²) >= 11 is 0. The van der Waals surface area contributed by atoms with Crippen LogP contribution in [0.15, 0.2) is 35.4 Å². The van der Waals surface area contributed by atoms with E-state index in [0.29, 0.717) is 0 Å². The molecule has 2 nitrogen and oxygen atoms in total. The predicted octanol–water partition coefficient (Wildman–Crippen LogP) is 4.06. The third-order valence-electron chi connectivity index (χ3n) is 5.14. The number of hydrogen-bond donors (Lipinski definition) is 0. The van der Waals surface area contributed by atoms with Gasteiger partial charge in [-0.15, -0.1) is 0 Å². The fraction of sp³-hybridized carbons (Fsp3) is 0.579. The highest BCUT2D eigenvalue weighted by atomic mass is 16.5. The molecular weight excluding hydrogens is 258 g/mol. The van der Waals surface area contributed by atoms with Gasteiger partial charge in [-0.1, -0.05) is 23.3 Å². The van der Waals surface area contributed by atoms with E-state index in [2.05, 4.69) is 36.2 Å². The van der Waals surface area contributed by atoms with Crippen molar-refractivity contribution in [2.24, 2.45) is 5.92 Å². The minimum atomic E-state index is 0.838. The van der Waals surface area contributed by atoms with E-state index in [1.807, 2.05) is 5.57 Å². The molecule has 0 radical (unpaired) electrons. The number of rotatable bonds is 4. The first-order valence-corrected chi connectivity index (χ1v) is 8.28. The Bertz CT molecular complexity index is 503. The largest absolute Gasteiger partial charge is 0.497 e. The summed E-state index contributed by atoms with van der Waals surface area (Å²) in [6.45, 7) is 2.46. The molecule has 1 atom stereocenters. The van der Waals surface area contributed by atoms with Gasteiger partial charge in [0.15, 0.2) is 0 Å². The highest BCUT2D eigenvalue weighted by molar-refractivity contribution is 5.28. The van der Waals surface area contributed by atoms with Gasteiger partial charge in [0, 0.05) is 13.1 Å². The molecule has 0 saturated carbocycles. The minimum Gasteiger partial charge on any atom is -0.497 e. The maximum Gasteiger partial charge on any atom is 0.118 e. The normalized spacial score (nSPS) is 23.0. The third-order valence-corrected chi connectivity index (χ3v) is 5.14. The standard InChI is InChI=1S/C19H27NO/c1-20-13-12-19-16(4-3-5-17(19)14-20)9-6-15-7-10-18(21-2)11-8-15/h7-8,10-11,16H,3-6,9,12-14H2,1-2H3. The van der Waals surface area contributed by atoms with Gasteiger partial charge in [-0.2, -0.15) is 0 Å². The Morgan fingerprint density at radius 1 is 1.19 bits per heavy atom. The zero-order chi connectivity index (χ0) is 14.7. The summed E-state index contributed by atoms with van der Waals surface area (Å²) in [7, 11) is 3.98. The number of nitrogens with zero attached hydrogens (tertiary/aromatic N) is 1. The average Bonchev–Trinajstić information content (AvgIpc) is 2.53. The highest BCUT2D eigenvalue weighted by Gasteiger charge is 2.26. The molecule has 0 fully saturated rings. The van der Waals surface area contributed by atoms with Crippen LogP contribution in [0.2, 0.25) is 0 Å². The molecule has 0 aromatic heterocycles. The Balaban J connectivity index is 1.62. The summed E-state index contributed by atoms with van der Waals surface area (Å²) in [5, 5.41) is 0. The first-order valence-electron chi connectivity index (χ1n) is 8.28. The van der Waals surface area contributed by atoms with Crippen molar-refractivity contribution >= 4 is 0 Å². The molecule has 1 aliphatic heterocycles. The second-order valence-corrected chi connectivity index (χ2v) is 6.59. The monoisotopic (exact) mass is 285 g/mol. The SMILES string of the molecule is COc1ccc(CCC2CCCC3=C2CCN(C)C3)cc1. The van der Waals surface area contributed by atoms with Gasteiger partial charge in [0.05, 0.1) is 7.11 Å². The Kier molecular flexibility index (Phi) is 4.64. The quantitative estimate of drug-likeness (QED) is 0.774. The third kappa shape index (κ3) is 3.49. The summed E-state index contributed by atoms with van der Waals surface area (Å²) < 4.78 is 5.23. The smallest absolute Gasteiger partial charge is 0.118 e. The van der Waals surface area contributed by atoms with E-state index >= 15 is 0 Å². The van der Waals surface area contributed by atoms with Crippen molar-refractivity contribution in [3.05, 3.63) is 41.0 Å². The van der Waals surface area contributed by atoms with Crippen LogP contribution in [0.25, 0.3) is 0 Å². The number of likely N-dealkylation sites (N-methyl/N-ethyl adjacent to an activating group) is 1. The van der Waals surface area contributed by atoms with Crippen molar-refractivity contribution in [3.8, 4) is 5.75 Å². The molecule has 114 valence electrons. The van der Waals surface area contributed by atoms with Crippen LogP contribution in [0.3, 0.4) is 0 Å². The van der Waals surface area contributed by atoms with E-state index in [1.165, 1.54) is 57.2 Å². The fourth-order valence-electron chi connectivity index (χ4n) is 3.91. The topological polar surface area (TPSA) is 12.5 Å². The van der Waals surface area contributed by atoms with E-state index in [-0.39, 0.29) is 0 Å². The van der Waals surface area contributed by atoms with Crippen LogP contribution in [-0.4, -0.2) is 32.1 Å². The summed E-state index contributed by atoms with van der Waals surface area (Å²) in [5.41, 5.74) is 5.01. The first kappa shape index (κ1) is 14.6. The molecule has 0 saturated heterocycles. The number of methoxy groups -OCH3 is 1. The lowest BCUT2D eigenvalue weighted by atomic mass is 9.77. The van der Waals surface area contributed by atoms with E-state index in [0.717, 1.165) is 11.7 Å². The van der Waals surface area contributed by atoms with Crippen LogP contribution >= 0.6 is 0 Å². The summed E-state index contributed by atoms with van der Waals surface area (Å²) in [6, 6.07) is 8.59. The van der Waals surface area contributed by atoms with Crippen molar-refractivity contribution in [2.75, 3.05) is 27.2 Å². The molecular formula is C19H27NO. The minimum absolute atomic E-state index is 0.838. The molecule has 0 N–H and O–H groups in total. The van der Waals surface area contributed by atoms with Crippen LogP contribution in [0.5, 0.6) is 5.75 Å². The van der Waals surface area contributed by atoms with Crippen molar-refractivity contribution < 1.29 is 4.74 Å². The molecule has 0 spiro atoms. The van der Waals surface area contributed by atoms with E-state index < -0.39 is 0 Å². The maximum absolute atomic E-state index is 5.23. The predicted molar refractivity (Wildman–Crippen MR) is 87.8 cm³/mol. The van der Waals surface area contributed by atoms with Crippen LogP contribution in [0, 0.1) is 5.92 Å². The number of ether oxygens (including phenoxy) is 1. The highest BCUT2D eigenvalue weighted by Crippen LogP contribution is 2.37. The second kappa shape index (κ2) is 6.65. The zero-order valence-corrected chi connectivity index (χ0v) is 13.4. The molecule has 2 heteroatoms. The van der Waals surface area contributed by atoms with E-state index in [9.17, 15) is 0 Å². The average molecular weight is 285 g/mol. The van der Waals surface area contributed by atoms with Crippen molar-refractivity contribution in [2.45, 2.75) is 38.5 Å². The maximum atomic E-state index is 5.23. The Morgan fingerprint density at radius 2 is 2.00 bits per heavy atom. The summed E-state index contributed by atoms with van der Waals surface area (Å²) in [4.78, 5) is 2.48. The molecule has 0 bridgehead atoms. The van der Waals surface area contributed by atoms with Gasteiger partial charge >= 0.3 is 0 Å². The molecule has 0 amide bonds. The Hall–Kier alpha value is -1.28. The van der Waals surface area contributed by atoms with Gasteiger partial charge in [0.2, 0.25) is 0 Å². The van der Waals surface area contributed by atoms with Crippen molar-refractivity contribution in [3.63, 3.8) is 0 Å². The van der Waals surface area contributed by atoms with E-state index in [1.54, 1.807) is 12.7 Å². The molecule has 1 aromatic rings. The Morgan fingerprint density at radius 3 is 2.76 bits per heavy atom. The second-order valence-electron chi connectivity index (χ2n) is 6.59. The lowest BCUT2D eigenvalue weighted by molar-refractivity contribution is 0.308. The molecule has 1 unspecified atom stereocenters. The zero-order valence-electron chi connectivity index (χ0n) is 13.4. The number of aryl methyl sites for hydroxylation is 1. The molecule has 3 rings (SSSR count). The van der Waals surface area contributed by atoms with Gasteiger partial charge in [-0.25, -0.2) is 0 Å². The molecule has 1 aliphatic carbocycles. The summed E-state index contributed by atoms with van der Waals surface area (Å²) in [5.74, 6) is 1.79. The lowest BCUT2D eigenvalue weighted by Crippen LogP contribution is -2.31. The number of benzene rings is 1. The molecule has 1 heterocycles. The Labute approximate surface area is 128 Å². The van der Waals surface area contributed by atoms with Crippen LogP contribution in [0.1, 0.15) is 37.7 Å². The van der Waals surface area contributed by atoms with Gasteiger partial charge in [0.25, 0.3) is 0 Å². The summed E-state index contributed by atoms with van der Waals surface area (Å²) in [6.07, 6.45) is 7.95. The molecule has 1 aromatic carbocycles. The van der Waals surface area contributed by atoms with Crippen LogP contribution in [0.4, 0.5) is 0 Å². The van der Waals surface area contributed by atoms with Crippen molar-refractivity contribution in [1.29, 1.82) is 0 Å². The number of hydrogen-bond acceptors (Lipinski definition) is 2. The molecule has 21 heavy (non-hydrogen) atoms. The van der Waals surface area contributed by atoms with Crippen molar-refractivity contribution in [1.82, 2.24) is 4.90 Å². The van der Waals surface area contributed by atoms with Crippen LogP contribution in [-0.2, 0) is 6.42 Å². The van der Waals surface area contributed by atoms with Gasteiger partial charge in [-0.3, -0.25) is 0 Å².